The number of carbonyl (C=O) groups excluding carboxylic acids is 1. The van der Waals surface area contributed by atoms with Crippen molar-refractivity contribution in [3.63, 3.8) is 0 Å². The molecule has 100 valence electrons. The van der Waals surface area contributed by atoms with Crippen molar-refractivity contribution >= 4 is 11.6 Å². The molecule has 19 heavy (non-hydrogen) atoms. The fraction of sp³-hybridized carbons (Fsp3) is 0.429. The Hall–Kier alpha value is -1.88. The first-order valence-electron chi connectivity index (χ1n) is 6.65. The van der Waals surface area contributed by atoms with Crippen molar-refractivity contribution < 1.29 is 4.79 Å². The number of carbonyl (C=O) groups is 1. The smallest absolute Gasteiger partial charge is 0.224 e. The number of fused-ring (bicyclic) bond motifs is 1. The van der Waals surface area contributed by atoms with E-state index < -0.39 is 0 Å². The summed E-state index contributed by atoms with van der Waals surface area (Å²) in [7, 11) is 0. The minimum absolute atomic E-state index is 0.110. The van der Waals surface area contributed by atoms with Crippen molar-refractivity contribution in [2.24, 2.45) is 5.92 Å². The molecule has 1 aliphatic rings. The molecule has 0 aliphatic carbocycles. The second kappa shape index (κ2) is 5.01. The summed E-state index contributed by atoms with van der Waals surface area (Å²) in [6, 6.07) is 4.03. The lowest BCUT2D eigenvalue weighted by Crippen LogP contribution is -2.31. The van der Waals surface area contributed by atoms with E-state index in [2.05, 4.69) is 15.6 Å². The highest BCUT2D eigenvalue weighted by atomic mass is 16.1. The number of imidazole rings is 1. The number of nitrogens with one attached hydrogen (secondary N) is 2. The Morgan fingerprint density at radius 2 is 2.53 bits per heavy atom. The number of hydrogen-bond acceptors (Lipinski definition) is 3. The molecule has 5 nitrogen and oxygen atoms in total. The number of nitrogens with zero attached hydrogens (tertiary/aromatic N) is 2. The topological polar surface area (TPSA) is 58.4 Å². The molecule has 5 heteroatoms. The summed E-state index contributed by atoms with van der Waals surface area (Å²) in [4.78, 5) is 16.5. The van der Waals surface area contributed by atoms with Gasteiger partial charge in [0.15, 0.2) is 0 Å². The molecule has 3 rings (SSSR count). The summed E-state index contributed by atoms with van der Waals surface area (Å²) in [6.07, 6.45) is 4.87. The van der Waals surface area contributed by atoms with Crippen molar-refractivity contribution in [2.75, 3.05) is 13.1 Å². The predicted octanol–water partition coefficient (Wildman–Crippen LogP) is 0.868. The Kier molecular flexibility index (Phi) is 3.21. The fourth-order valence-electron chi connectivity index (χ4n) is 2.49. The van der Waals surface area contributed by atoms with Crippen LogP contribution in [0.3, 0.4) is 0 Å². The van der Waals surface area contributed by atoms with Crippen LogP contribution >= 0.6 is 0 Å². The number of amides is 1. The standard InChI is InChI=1S/C14H18N4O/c1-10-3-2-6-18-9-12(17-13(10)18)8-16-14(19)11-4-5-15-7-11/h2-3,6,9,11,15H,4-5,7-8H2,1H3,(H,16,19). The van der Waals surface area contributed by atoms with Gasteiger partial charge in [0.2, 0.25) is 5.91 Å². The van der Waals surface area contributed by atoms with Gasteiger partial charge >= 0.3 is 0 Å². The van der Waals surface area contributed by atoms with Crippen molar-refractivity contribution in [3.8, 4) is 0 Å². The summed E-state index contributed by atoms with van der Waals surface area (Å²) in [6.45, 7) is 4.26. The molecule has 0 saturated carbocycles. The Balaban J connectivity index is 1.68. The molecule has 0 bridgehead atoms. The van der Waals surface area contributed by atoms with Crippen LogP contribution in [0.15, 0.2) is 24.5 Å². The quantitative estimate of drug-likeness (QED) is 0.859. The van der Waals surface area contributed by atoms with Crippen LogP contribution in [0.25, 0.3) is 5.65 Å². The maximum absolute atomic E-state index is 11.9. The maximum Gasteiger partial charge on any atom is 0.224 e. The largest absolute Gasteiger partial charge is 0.350 e. The molecule has 2 aromatic heterocycles. The molecule has 2 N–H and O–H groups in total. The molecule has 1 saturated heterocycles. The van der Waals surface area contributed by atoms with Gasteiger partial charge in [-0.3, -0.25) is 4.79 Å². The summed E-state index contributed by atoms with van der Waals surface area (Å²) < 4.78 is 1.99. The normalized spacial score (nSPS) is 18.9. The van der Waals surface area contributed by atoms with Crippen LogP contribution in [0.4, 0.5) is 0 Å². The minimum atomic E-state index is 0.110. The van der Waals surface area contributed by atoms with Gasteiger partial charge < -0.3 is 15.0 Å². The first-order valence-corrected chi connectivity index (χ1v) is 6.65. The van der Waals surface area contributed by atoms with Gasteiger partial charge in [-0.25, -0.2) is 4.98 Å². The van der Waals surface area contributed by atoms with Gasteiger partial charge in [0.25, 0.3) is 0 Å². The molecule has 1 amide bonds. The molecular formula is C14H18N4O. The lowest BCUT2D eigenvalue weighted by Gasteiger charge is -2.08. The van der Waals surface area contributed by atoms with Crippen LogP contribution in [0.5, 0.6) is 0 Å². The monoisotopic (exact) mass is 258 g/mol. The number of hydrogen-bond donors (Lipinski definition) is 2. The summed E-state index contributed by atoms with van der Waals surface area (Å²) in [5.41, 5.74) is 2.99. The van der Waals surface area contributed by atoms with E-state index >= 15 is 0 Å². The molecule has 0 aromatic carbocycles. The van der Waals surface area contributed by atoms with Gasteiger partial charge in [-0.2, -0.15) is 0 Å². The zero-order valence-corrected chi connectivity index (χ0v) is 11.0. The number of rotatable bonds is 3. The summed E-state index contributed by atoms with van der Waals surface area (Å²) >= 11 is 0. The van der Waals surface area contributed by atoms with Gasteiger partial charge in [0, 0.05) is 18.9 Å². The third-order valence-electron chi connectivity index (χ3n) is 3.60. The fourth-order valence-corrected chi connectivity index (χ4v) is 2.49. The van der Waals surface area contributed by atoms with Crippen molar-refractivity contribution in [3.05, 3.63) is 35.8 Å². The van der Waals surface area contributed by atoms with Crippen LogP contribution < -0.4 is 10.6 Å². The van der Waals surface area contributed by atoms with Crippen molar-refractivity contribution in [1.82, 2.24) is 20.0 Å². The van der Waals surface area contributed by atoms with E-state index in [1.807, 2.05) is 35.9 Å². The molecule has 3 heterocycles. The van der Waals surface area contributed by atoms with E-state index in [1.54, 1.807) is 0 Å². The lowest BCUT2D eigenvalue weighted by atomic mass is 10.1. The van der Waals surface area contributed by atoms with E-state index in [4.69, 9.17) is 0 Å². The van der Waals surface area contributed by atoms with E-state index in [-0.39, 0.29) is 11.8 Å². The molecule has 1 fully saturated rings. The number of aromatic nitrogens is 2. The highest BCUT2D eigenvalue weighted by Gasteiger charge is 2.22. The Bertz CT molecular complexity index is 599. The Labute approximate surface area is 112 Å². The van der Waals surface area contributed by atoms with E-state index in [1.165, 1.54) is 0 Å². The van der Waals surface area contributed by atoms with Gasteiger partial charge in [0.1, 0.15) is 5.65 Å². The first kappa shape index (κ1) is 12.2. The average molecular weight is 258 g/mol. The minimum Gasteiger partial charge on any atom is -0.350 e. The van der Waals surface area contributed by atoms with Crippen LogP contribution in [-0.4, -0.2) is 28.4 Å². The summed E-state index contributed by atoms with van der Waals surface area (Å²) in [5, 5.41) is 6.17. The van der Waals surface area contributed by atoms with E-state index in [0.29, 0.717) is 6.54 Å². The molecule has 0 spiro atoms. The SMILES string of the molecule is Cc1cccn2cc(CNC(=O)C3CCNC3)nc12. The number of pyridine rings is 1. The Morgan fingerprint density at radius 1 is 1.63 bits per heavy atom. The highest BCUT2D eigenvalue weighted by molar-refractivity contribution is 5.79. The second-order valence-electron chi connectivity index (χ2n) is 5.06. The number of aryl methyl sites for hydroxylation is 1. The first-order chi connectivity index (χ1) is 9.24. The average Bonchev–Trinajstić information content (AvgIpc) is 3.05. The highest BCUT2D eigenvalue weighted by Crippen LogP contribution is 2.11. The molecular weight excluding hydrogens is 240 g/mol. The van der Waals surface area contributed by atoms with Crippen molar-refractivity contribution in [2.45, 2.75) is 19.9 Å². The predicted molar refractivity (Wildman–Crippen MR) is 72.8 cm³/mol. The third kappa shape index (κ3) is 2.46. The van der Waals surface area contributed by atoms with E-state index in [0.717, 1.165) is 36.4 Å². The maximum atomic E-state index is 11.9. The third-order valence-corrected chi connectivity index (χ3v) is 3.60. The van der Waals surface area contributed by atoms with Crippen LogP contribution in [0.1, 0.15) is 17.7 Å². The zero-order chi connectivity index (χ0) is 13.2. The molecule has 0 radical (unpaired) electrons. The Morgan fingerprint density at radius 3 is 3.26 bits per heavy atom. The molecule has 1 unspecified atom stereocenters. The van der Waals surface area contributed by atoms with E-state index in [9.17, 15) is 4.79 Å². The van der Waals surface area contributed by atoms with Gasteiger partial charge in [-0.15, -0.1) is 0 Å². The van der Waals surface area contributed by atoms with Crippen LogP contribution in [0.2, 0.25) is 0 Å². The van der Waals surface area contributed by atoms with Gasteiger partial charge in [0.05, 0.1) is 18.2 Å². The van der Waals surface area contributed by atoms with Crippen molar-refractivity contribution in [1.29, 1.82) is 0 Å². The molecule has 2 aromatic rings. The lowest BCUT2D eigenvalue weighted by molar-refractivity contribution is -0.124. The van der Waals surface area contributed by atoms with Gasteiger partial charge in [-0.05, 0) is 31.5 Å². The zero-order valence-electron chi connectivity index (χ0n) is 11.0. The molecule has 1 aliphatic heterocycles. The van der Waals surface area contributed by atoms with Crippen LogP contribution in [-0.2, 0) is 11.3 Å². The van der Waals surface area contributed by atoms with Crippen LogP contribution in [0, 0.1) is 12.8 Å². The van der Waals surface area contributed by atoms with Gasteiger partial charge in [-0.1, -0.05) is 6.07 Å². The molecule has 1 atom stereocenters. The second-order valence-corrected chi connectivity index (χ2v) is 5.06. The summed E-state index contributed by atoms with van der Waals surface area (Å²) in [5.74, 6) is 0.234.